The molecule has 0 saturated carbocycles. The van der Waals surface area contributed by atoms with Gasteiger partial charge in [-0.15, -0.1) is 0 Å². The lowest BCUT2D eigenvalue weighted by Gasteiger charge is -2.13. The summed E-state index contributed by atoms with van der Waals surface area (Å²) in [6.45, 7) is 4.16. The van der Waals surface area contributed by atoms with Crippen LogP contribution in [0.3, 0.4) is 0 Å². The average molecular weight is 423 g/mol. The Hall–Kier alpha value is -3.95. The van der Waals surface area contributed by atoms with Gasteiger partial charge in [0.25, 0.3) is 5.91 Å². The van der Waals surface area contributed by atoms with Crippen LogP contribution in [0.1, 0.15) is 27.4 Å². The molecule has 0 aliphatic heterocycles. The molecule has 0 aliphatic carbocycles. The van der Waals surface area contributed by atoms with Crippen molar-refractivity contribution in [2.75, 3.05) is 26.1 Å². The molecular weight excluding hydrogens is 398 g/mol. The molecule has 0 unspecified atom stereocenters. The van der Waals surface area contributed by atoms with Gasteiger partial charge < -0.3 is 14.5 Å². The molecule has 0 aliphatic rings. The number of aryl methyl sites for hydroxylation is 2. The number of carbonyl (C=O) groups excluding carboxylic acids is 1. The number of benzene rings is 1. The van der Waals surface area contributed by atoms with Gasteiger partial charge in [-0.3, -0.25) is 20.4 Å². The molecule has 0 saturated heterocycles. The van der Waals surface area contributed by atoms with Crippen LogP contribution in [0.25, 0.3) is 0 Å². The Bertz CT molecular complexity index is 1020. The fourth-order valence-corrected chi connectivity index (χ4v) is 2.83. The Morgan fingerprint density at radius 2 is 1.74 bits per heavy atom. The van der Waals surface area contributed by atoms with Crippen LogP contribution in [0.15, 0.2) is 41.8 Å². The zero-order chi connectivity index (χ0) is 22.2. The number of H-pyrrole nitrogens is 1. The minimum absolute atomic E-state index is 0.233. The van der Waals surface area contributed by atoms with Crippen LogP contribution in [-0.4, -0.2) is 52.6 Å². The number of aromatic nitrogens is 4. The number of aliphatic imine (C=N–C) groups is 1. The number of nitrogens with zero attached hydrogens (tertiary/aromatic N) is 4. The molecule has 10 heteroatoms. The number of hydrogen-bond acceptors (Lipinski definition) is 7. The van der Waals surface area contributed by atoms with Crippen molar-refractivity contribution in [2.45, 2.75) is 20.3 Å². The van der Waals surface area contributed by atoms with Crippen molar-refractivity contribution >= 4 is 17.8 Å². The van der Waals surface area contributed by atoms with E-state index in [2.05, 4.69) is 35.6 Å². The Morgan fingerprint density at radius 1 is 1.06 bits per heavy atom. The van der Waals surface area contributed by atoms with Gasteiger partial charge in [-0.25, -0.2) is 15.0 Å². The van der Waals surface area contributed by atoms with E-state index in [1.165, 1.54) is 14.2 Å². The fraction of sp³-hybridized carbons (Fsp3) is 0.286. The van der Waals surface area contributed by atoms with Gasteiger partial charge in [-0.05, 0) is 32.0 Å². The summed E-state index contributed by atoms with van der Waals surface area (Å²) in [4.78, 5) is 33.1. The van der Waals surface area contributed by atoms with Crippen LogP contribution >= 0.6 is 0 Å². The molecule has 162 valence electrons. The van der Waals surface area contributed by atoms with Crippen molar-refractivity contribution in [2.24, 2.45) is 4.99 Å². The first-order valence-corrected chi connectivity index (χ1v) is 9.62. The van der Waals surface area contributed by atoms with E-state index in [0.29, 0.717) is 36.0 Å². The highest BCUT2D eigenvalue weighted by Crippen LogP contribution is 2.22. The predicted molar refractivity (Wildman–Crippen MR) is 117 cm³/mol. The summed E-state index contributed by atoms with van der Waals surface area (Å²) in [6.07, 6.45) is 3.97. The van der Waals surface area contributed by atoms with E-state index in [0.717, 1.165) is 17.1 Å². The van der Waals surface area contributed by atoms with E-state index >= 15 is 0 Å². The van der Waals surface area contributed by atoms with Gasteiger partial charge in [0, 0.05) is 47.9 Å². The normalized spacial score (nSPS) is 11.2. The summed E-state index contributed by atoms with van der Waals surface area (Å²) in [5.41, 5.74) is 2.90. The highest BCUT2D eigenvalue weighted by atomic mass is 16.5. The third kappa shape index (κ3) is 6.26. The SMILES string of the molecule is COc1cc(OC)cc(C(=O)NC(=NCCc2cnc[nH]2)Nc2nc(C)cc(C)n2)c1. The number of amides is 1. The van der Waals surface area contributed by atoms with Crippen molar-refractivity contribution in [3.63, 3.8) is 0 Å². The second kappa shape index (κ2) is 10.2. The largest absolute Gasteiger partial charge is 0.497 e. The van der Waals surface area contributed by atoms with Crippen LogP contribution in [0.2, 0.25) is 0 Å². The molecule has 1 amide bonds. The maximum atomic E-state index is 12.9. The second-order valence-corrected chi connectivity index (χ2v) is 6.71. The Kier molecular flexibility index (Phi) is 7.15. The number of nitrogens with one attached hydrogen (secondary N) is 3. The first-order chi connectivity index (χ1) is 15.0. The molecule has 0 spiro atoms. The average Bonchev–Trinajstić information content (AvgIpc) is 3.26. The monoisotopic (exact) mass is 423 g/mol. The summed E-state index contributed by atoms with van der Waals surface area (Å²) in [5, 5.41) is 5.79. The predicted octanol–water partition coefficient (Wildman–Crippen LogP) is 2.27. The van der Waals surface area contributed by atoms with Gasteiger partial charge in [-0.2, -0.15) is 0 Å². The lowest BCUT2D eigenvalue weighted by Crippen LogP contribution is -2.37. The molecule has 0 radical (unpaired) electrons. The standard InChI is InChI=1S/C21H25N7O3/c1-13-7-14(2)26-21(25-13)28-20(23-6-5-16-11-22-12-24-16)27-19(29)15-8-17(30-3)10-18(9-15)31-4/h7-12H,5-6H2,1-4H3,(H,22,24)(H2,23,25,26,27,28,29). The van der Waals surface area contributed by atoms with Crippen molar-refractivity contribution in [1.82, 2.24) is 25.3 Å². The van der Waals surface area contributed by atoms with E-state index in [9.17, 15) is 4.79 Å². The summed E-state index contributed by atoms with van der Waals surface area (Å²) in [7, 11) is 3.05. The molecule has 3 rings (SSSR count). The molecule has 0 fully saturated rings. The highest BCUT2D eigenvalue weighted by molar-refractivity contribution is 6.09. The summed E-state index contributed by atoms with van der Waals surface area (Å²) in [6, 6.07) is 6.79. The lowest BCUT2D eigenvalue weighted by molar-refractivity contribution is 0.0976. The Labute approximate surface area is 180 Å². The van der Waals surface area contributed by atoms with Crippen molar-refractivity contribution in [3.8, 4) is 11.5 Å². The van der Waals surface area contributed by atoms with Crippen LogP contribution < -0.4 is 20.1 Å². The molecule has 1 aromatic carbocycles. The number of rotatable bonds is 7. The molecule has 3 aromatic rings. The smallest absolute Gasteiger partial charge is 0.258 e. The third-order valence-electron chi connectivity index (χ3n) is 4.26. The van der Waals surface area contributed by atoms with Crippen molar-refractivity contribution in [1.29, 1.82) is 0 Å². The van der Waals surface area contributed by atoms with Crippen molar-refractivity contribution in [3.05, 3.63) is 59.4 Å². The molecule has 2 aromatic heterocycles. The van der Waals surface area contributed by atoms with E-state index in [1.807, 2.05) is 19.9 Å². The van der Waals surface area contributed by atoms with E-state index in [4.69, 9.17) is 9.47 Å². The topological polar surface area (TPSA) is 126 Å². The zero-order valence-corrected chi connectivity index (χ0v) is 17.9. The van der Waals surface area contributed by atoms with Crippen LogP contribution in [-0.2, 0) is 6.42 Å². The van der Waals surface area contributed by atoms with E-state index in [-0.39, 0.29) is 11.9 Å². The van der Waals surface area contributed by atoms with Crippen molar-refractivity contribution < 1.29 is 14.3 Å². The first kappa shape index (κ1) is 21.8. The molecule has 3 N–H and O–H groups in total. The molecule has 2 heterocycles. The van der Waals surface area contributed by atoms with Gasteiger partial charge >= 0.3 is 0 Å². The minimum Gasteiger partial charge on any atom is -0.497 e. The molecular formula is C21H25N7O3. The molecule has 10 nitrogen and oxygen atoms in total. The molecule has 31 heavy (non-hydrogen) atoms. The molecule has 0 atom stereocenters. The van der Waals surface area contributed by atoms with Crippen LogP contribution in [0.4, 0.5) is 5.95 Å². The number of aromatic amines is 1. The maximum absolute atomic E-state index is 12.9. The number of carbonyl (C=O) groups is 1. The summed E-state index contributed by atoms with van der Waals surface area (Å²) in [5.74, 6) is 1.22. The van der Waals surface area contributed by atoms with Gasteiger partial charge in [0.1, 0.15) is 11.5 Å². The number of methoxy groups -OCH3 is 2. The summed E-state index contributed by atoms with van der Waals surface area (Å²) >= 11 is 0. The number of ether oxygens (including phenoxy) is 2. The van der Waals surface area contributed by atoms with Gasteiger partial charge in [0.2, 0.25) is 11.9 Å². The van der Waals surface area contributed by atoms with Gasteiger partial charge in [-0.1, -0.05) is 0 Å². The number of guanidine groups is 1. The number of anilines is 1. The number of hydrogen-bond donors (Lipinski definition) is 3. The van der Waals surface area contributed by atoms with Crippen LogP contribution in [0, 0.1) is 13.8 Å². The quantitative estimate of drug-likeness (QED) is 0.393. The zero-order valence-electron chi connectivity index (χ0n) is 17.9. The fourth-order valence-electron chi connectivity index (χ4n) is 2.83. The Morgan fingerprint density at radius 3 is 2.32 bits per heavy atom. The van der Waals surface area contributed by atoms with E-state index in [1.54, 1.807) is 30.7 Å². The highest BCUT2D eigenvalue weighted by Gasteiger charge is 2.14. The second-order valence-electron chi connectivity index (χ2n) is 6.71. The minimum atomic E-state index is -0.380. The van der Waals surface area contributed by atoms with Gasteiger partial charge in [0.05, 0.1) is 20.5 Å². The number of imidazole rings is 1. The third-order valence-corrected chi connectivity index (χ3v) is 4.26. The maximum Gasteiger partial charge on any atom is 0.258 e. The van der Waals surface area contributed by atoms with Crippen LogP contribution in [0.5, 0.6) is 11.5 Å². The summed E-state index contributed by atoms with van der Waals surface area (Å²) < 4.78 is 10.5. The lowest BCUT2D eigenvalue weighted by atomic mass is 10.2. The molecule has 0 bridgehead atoms. The van der Waals surface area contributed by atoms with E-state index < -0.39 is 0 Å². The van der Waals surface area contributed by atoms with Gasteiger partial charge in [0.15, 0.2) is 0 Å². The first-order valence-electron chi connectivity index (χ1n) is 9.62. The Balaban J connectivity index is 1.81.